The maximum absolute atomic E-state index is 11.4. The highest BCUT2D eigenvalue weighted by Gasteiger charge is 2.14. The molecule has 1 aliphatic rings. The fourth-order valence-corrected chi connectivity index (χ4v) is 2.93. The third-order valence-electron chi connectivity index (χ3n) is 2.79. The maximum atomic E-state index is 11.4. The number of carbonyl (C=O) groups is 1. The van der Waals surface area contributed by atoms with Gasteiger partial charge in [-0.05, 0) is 49.7 Å². The van der Waals surface area contributed by atoms with Gasteiger partial charge >= 0.3 is 0 Å². The summed E-state index contributed by atoms with van der Waals surface area (Å²) in [5.41, 5.74) is 5.37. The van der Waals surface area contributed by atoms with Gasteiger partial charge in [0.15, 0.2) is 0 Å². The molecule has 1 saturated heterocycles. The Labute approximate surface area is 96.6 Å². The van der Waals surface area contributed by atoms with Gasteiger partial charge in [0, 0.05) is 13.0 Å². The van der Waals surface area contributed by atoms with Crippen LogP contribution in [0.4, 0.5) is 0 Å². The van der Waals surface area contributed by atoms with Crippen LogP contribution in [0.25, 0.3) is 0 Å². The summed E-state index contributed by atoms with van der Waals surface area (Å²) in [6.45, 7) is 1.56. The minimum Gasteiger partial charge on any atom is -0.356 e. The van der Waals surface area contributed by atoms with E-state index < -0.39 is 0 Å². The molecule has 15 heavy (non-hydrogen) atoms. The van der Waals surface area contributed by atoms with E-state index in [4.69, 9.17) is 5.73 Å². The highest BCUT2D eigenvalue weighted by Crippen LogP contribution is 2.21. The van der Waals surface area contributed by atoms with Crippen LogP contribution in [0.3, 0.4) is 0 Å². The topological polar surface area (TPSA) is 55.1 Å². The van der Waals surface area contributed by atoms with Gasteiger partial charge in [-0.15, -0.1) is 0 Å². The van der Waals surface area contributed by atoms with E-state index in [1.807, 2.05) is 11.8 Å². The molecule has 88 valence electrons. The Morgan fingerprint density at radius 2 is 2.07 bits per heavy atom. The molecule has 1 aliphatic heterocycles. The molecule has 1 amide bonds. The second-order valence-corrected chi connectivity index (χ2v) is 5.33. The van der Waals surface area contributed by atoms with Crippen LogP contribution in [-0.2, 0) is 4.79 Å². The average Bonchev–Trinajstić information content (AvgIpc) is 2.28. The van der Waals surface area contributed by atoms with Gasteiger partial charge < -0.3 is 11.1 Å². The van der Waals surface area contributed by atoms with Crippen molar-refractivity contribution < 1.29 is 4.79 Å². The standard InChI is InChI=1S/C11H22N2OS/c12-6-2-1-3-11(14)13-9-10-4-7-15-8-5-10/h10H,1-9,12H2,(H,13,14). The summed E-state index contributed by atoms with van der Waals surface area (Å²) in [5, 5.41) is 3.02. The molecule has 0 aromatic carbocycles. The molecule has 0 radical (unpaired) electrons. The zero-order valence-corrected chi connectivity index (χ0v) is 10.2. The highest BCUT2D eigenvalue weighted by molar-refractivity contribution is 7.99. The molecule has 0 aliphatic carbocycles. The Hall–Kier alpha value is -0.220. The van der Waals surface area contributed by atoms with Gasteiger partial charge in [-0.3, -0.25) is 4.79 Å². The van der Waals surface area contributed by atoms with Crippen molar-refractivity contribution in [2.75, 3.05) is 24.6 Å². The van der Waals surface area contributed by atoms with Crippen molar-refractivity contribution in [3.05, 3.63) is 0 Å². The lowest BCUT2D eigenvalue weighted by Crippen LogP contribution is -2.30. The first kappa shape index (κ1) is 12.8. The molecule has 4 heteroatoms. The van der Waals surface area contributed by atoms with Crippen LogP contribution < -0.4 is 11.1 Å². The Balaban J connectivity index is 2.00. The van der Waals surface area contributed by atoms with Gasteiger partial charge in [-0.1, -0.05) is 0 Å². The van der Waals surface area contributed by atoms with Crippen molar-refractivity contribution >= 4 is 17.7 Å². The van der Waals surface area contributed by atoms with Crippen LogP contribution in [-0.4, -0.2) is 30.5 Å². The first-order valence-electron chi connectivity index (χ1n) is 5.87. The molecule has 0 atom stereocenters. The van der Waals surface area contributed by atoms with Crippen LogP contribution in [0.15, 0.2) is 0 Å². The Morgan fingerprint density at radius 1 is 1.33 bits per heavy atom. The fraction of sp³-hybridized carbons (Fsp3) is 0.909. The number of hydrogen-bond acceptors (Lipinski definition) is 3. The van der Waals surface area contributed by atoms with Gasteiger partial charge in [0.2, 0.25) is 5.91 Å². The van der Waals surface area contributed by atoms with E-state index in [2.05, 4.69) is 5.32 Å². The number of unbranched alkanes of at least 4 members (excludes halogenated alkanes) is 1. The summed E-state index contributed by atoms with van der Waals surface area (Å²) < 4.78 is 0. The van der Waals surface area contributed by atoms with Crippen LogP contribution in [0.2, 0.25) is 0 Å². The Morgan fingerprint density at radius 3 is 2.73 bits per heavy atom. The molecule has 0 unspecified atom stereocenters. The van der Waals surface area contributed by atoms with E-state index in [-0.39, 0.29) is 5.91 Å². The summed E-state index contributed by atoms with van der Waals surface area (Å²) in [4.78, 5) is 11.4. The lowest BCUT2D eigenvalue weighted by molar-refractivity contribution is -0.121. The van der Waals surface area contributed by atoms with E-state index in [0.717, 1.165) is 19.4 Å². The van der Waals surface area contributed by atoms with Crippen molar-refractivity contribution in [1.29, 1.82) is 0 Å². The van der Waals surface area contributed by atoms with Crippen LogP contribution >= 0.6 is 11.8 Å². The number of nitrogens with two attached hydrogens (primary N) is 1. The lowest BCUT2D eigenvalue weighted by atomic mass is 10.0. The first-order chi connectivity index (χ1) is 7.33. The van der Waals surface area contributed by atoms with Crippen molar-refractivity contribution in [1.82, 2.24) is 5.32 Å². The highest BCUT2D eigenvalue weighted by atomic mass is 32.2. The number of nitrogens with one attached hydrogen (secondary N) is 1. The van der Waals surface area contributed by atoms with E-state index in [1.54, 1.807) is 0 Å². The number of hydrogen-bond donors (Lipinski definition) is 2. The normalized spacial score (nSPS) is 17.7. The minimum atomic E-state index is 0.196. The predicted molar refractivity (Wildman–Crippen MR) is 66.0 cm³/mol. The largest absolute Gasteiger partial charge is 0.356 e. The molecule has 0 saturated carbocycles. The number of carbonyl (C=O) groups excluding carboxylic acids is 1. The maximum Gasteiger partial charge on any atom is 0.220 e. The number of thioether (sulfide) groups is 1. The lowest BCUT2D eigenvalue weighted by Gasteiger charge is -2.21. The fourth-order valence-electron chi connectivity index (χ4n) is 1.73. The van der Waals surface area contributed by atoms with Crippen molar-refractivity contribution in [3.63, 3.8) is 0 Å². The van der Waals surface area contributed by atoms with Crippen molar-refractivity contribution in [2.24, 2.45) is 11.7 Å². The molecule has 0 aromatic rings. The molecular formula is C11H22N2OS. The van der Waals surface area contributed by atoms with Crippen LogP contribution in [0.5, 0.6) is 0 Å². The van der Waals surface area contributed by atoms with Gasteiger partial charge in [-0.25, -0.2) is 0 Å². The molecule has 3 nitrogen and oxygen atoms in total. The second-order valence-electron chi connectivity index (χ2n) is 4.11. The van der Waals surface area contributed by atoms with E-state index in [1.165, 1.54) is 24.3 Å². The van der Waals surface area contributed by atoms with E-state index in [9.17, 15) is 4.79 Å². The smallest absolute Gasteiger partial charge is 0.220 e. The second kappa shape index (κ2) is 7.99. The molecule has 0 aromatic heterocycles. The van der Waals surface area contributed by atoms with E-state index in [0.29, 0.717) is 18.9 Å². The molecule has 1 heterocycles. The monoisotopic (exact) mass is 230 g/mol. The van der Waals surface area contributed by atoms with E-state index >= 15 is 0 Å². The predicted octanol–water partition coefficient (Wildman–Crippen LogP) is 1.37. The molecule has 1 rings (SSSR count). The Bertz CT molecular complexity index is 181. The number of amides is 1. The van der Waals surface area contributed by atoms with Gasteiger partial charge in [0.25, 0.3) is 0 Å². The third-order valence-corrected chi connectivity index (χ3v) is 3.84. The quantitative estimate of drug-likeness (QED) is 0.678. The van der Waals surface area contributed by atoms with Gasteiger partial charge in [0.05, 0.1) is 0 Å². The molecule has 0 spiro atoms. The summed E-state index contributed by atoms with van der Waals surface area (Å²) >= 11 is 2.02. The van der Waals surface area contributed by atoms with Crippen LogP contribution in [0, 0.1) is 5.92 Å². The molecule has 1 fully saturated rings. The molecular weight excluding hydrogens is 208 g/mol. The Kier molecular flexibility index (Phi) is 6.85. The molecule has 3 N–H and O–H groups in total. The van der Waals surface area contributed by atoms with Crippen molar-refractivity contribution in [2.45, 2.75) is 32.1 Å². The summed E-state index contributed by atoms with van der Waals surface area (Å²) in [5.74, 6) is 3.42. The zero-order chi connectivity index (χ0) is 10.9. The van der Waals surface area contributed by atoms with Gasteiger partial charge in [-0.2, -0.15) is 11.8 Å². The number of rotatable bonds is 6. The summed E-state index contributed by atoms with van der Waals surface area (Å²) in [6.07, 6.45) is 5.02. The average molecular weight is 230 g/mol. The summed E-state index contributed by atoms with van der Waals surface area (Å²) in [6, 6.07) is 0. The SMILES string of the molecule is NCCCCC(=O)NCC1CCSCC1. The third kappa shape index (κ3) is 6.05. The summed E-state index contributed by atoms with van der Waals surface area (Å²) in [7, 11) is 0. The zero-order valence-electron chi connectivity index (χ0n) is 9.34. The first-order valence-corrected chi connectivity index (χ1v) is 7.03. The minimum absolute atomic E-state index is 0.196. The van der Waals surface area contributed by atoms with Crippen LogP contribution in [0.1, 0.15) is 32.1 Å². The molecule has 0 bridgehead atoms. The van der Waals surface area contributed by atoms with Crippen molar-refractivity contribution in [3.8, 4) is 0 Å². The van der Waals surface area contributed by atoms with Gasteiger partial charge in [0.1, 0.15) is 0 Å².